The number of benzene rings is 1. The van der Waals surface area contributed by atoms with Crippen LogP contribution in [0, 0.1) is 5.82 Å². The van der Waals surface area contributed by atoms with Gasteiger partial charge in [-0.05, 0) is 25.0 Å². The first-order valence-electron chi connectivity index (χ1n) is 12.1. The fraction of sp³-hybridized carbons (Fsp3) is 0.400. The van der Waals surface area contributed by atoms with Gasteiger partial charge in [0.15, 0.2) is 0 Å². The Bertz CT molecular complexity index is 1580. The van der Waals surface area contributed by atoms with Crippen molar-refractivity contribution in [3.05, 3.63) is 42.0 Å². The van der Waals surface area contributed by atoms with E-state index in [0.29, 0.717) is 29.4 Å². The number of carbonyl (C=O) groups is 1. The Kier molecular flexibility index (Phi) is 7.91. The first-order valence-corrected chi connectivity index (χ1v) is 14.0. The van der Waals surface area contributed by atoms with E-state index in [4.69, 9.17) is 4.74 Å². The molecular formula is C25H26ClF4N5O4S. The predicted octanol–water partition coefficient (Wildman–Crippen LogP) is 4.16. The zero-order chi connectivity index (χ0) is 28.2. The fourth-order valence-electron chi connectivity index (χ4n) is 5.15. The van der Waals surface area contributed by atoms with Crippen molar-refractivity contribution >= 4 is 50.6 Å². The van der Waals surface area contributed by atoms with Crippen molar-refractivity contribution in [3.8, 4) is 17.0 Å². The molecule has 1 fully saturated rings. The Morgan fingerprint density at radius 3 is 2.50 bits per heavy atom. The molecule has 1 saturated carbocycles. The van der Waals surface area contributed by atoms with Crippen molar-refractivity contribution in [2.75, 3.05) is 42.6 Å². The highest BCUT2D eigenvalue weighted by Crippen LogP contribution is 2.55. The second kappa shape index (κ2) is 10.6. The van der Waals surface area contributed by atoms with Gasteiger partial charge in [-0.25, -0.2) is 17.8 Å². The predicted molar refractivity (Wildman–Crippen MR) is 144 cm³/mol. The van der Waals surface area contributed by atoms with E-state index >= 15 is 4.39 Å². The molecule has 2 N–H and O–H groups in total. The second-order valence-corrected chi connectivity index (χ2v) is 11.5. The summed E-state index contributed by atoms with van der Waals surface area (Å²) in [5, 5.41) is 2.79. The van der Waals surface area contributed by atoms with Crippen LogP contribution >= 0.6 is 12.4 Å². The molecule has 1 spiro atoms. The van der Waals surface area contributed by atoms with Crippen LogP contribution in [0.5, 0.6) is 5.88 Å². The van der Waals surface area contributed by atoms with Gasteiger partial charge in [0.2, 0.25) is 21.8 Å². The molecule has 0 radical (unpaired) electrons. The van der Waals surface area contributed by atoms with Crippen LogP contribution in [0.4, 0.5) is 28.9 Å². The van der Waals surface area contributed by atoms with Gasteiger partial charge in [-0.1, -0.05) is 6.42 Å². The van der Waals surface area contributed by atoms with Crippen molar-refractivity contribution in [3.63, 3.8) is 0 Å². The molecular weight excluding hydrogens is 578 g/mol. The highest BCUT2D eigenvalue weighted by molar-refractivity contribution is 7.92. The molecule has 216 valence electrons. The summed E-state index contributed by atoms with van der Waals surface area (Å²) in [4.78, 5) is 23.2. The molecule has 1 aliphatic heterocycles. The number of nitrogens with zero attached hydrogens (tertiary/aromatic N) is 3. The van der Waals surface area contributed by atoms with Crippen molar-refractivity contribution in [2.45, 2.75) is 30.9 Å². The molecule has 0 saturated heterocycles. The molecule has 2 aliphatic rings. The minimum absolute atomic E-state index is 0. The number of aromatic nitrogens is 2. The van der Waals surface area contributed by atoms with Gasteiger partial charge in [-0.15, -0.1) is 12.4 Å². The van der Waals surface area contributed by atoms with E-state index in [9.17, 15) is 26.4 Å². The van der Waals surface area contributed by atoms with Gasteiger partial charge in [-0.2, -0.15) is 13.2 Å². The van der Waals surface area contributed by atoms with Crippen molar-refractivity contribution in [2.24, 2.45) is 0 Å². The van der Waals surface area contributed by atoms with E-state index < -0.39 is 34.0 Å². The van der Waals surface area contributed by atoms with E-state index in [0.717, 1.165) is 18.2 Å². The minimum Gasteiger partial charge on any atom is -0.475 e. The first kappa shape index (κ1) is 29.7. The normalized spacial score (nSPS) is 16.1. The van der Waals surface area contributed by atoms with Gasteiger partial charge in [0.05, 0.1) is 35.6 Å². The standard InChI is InChI=1S/C25H25F4N5O4S.ClH/c1-34-20-12-31-18-10-17(26)15(9-16(18)21(20)24(23(34)35)4-3-5-24)14-8-19(33-39(2,36)37)22(32-11-14)38-7-6-30-13-25(27,28)29;/h8-12,30,33H,3-7,13H2,1-2H3;1H. The van der Waals surface area contributed by atoms with Crippen molar-refractivity contribution in [1.29, 1.82) is 0 Å². The van der Waals surface area contributed by atoms with E-state index in [2.05, 4.69) is 20.0 Å². The maximum absolute atomic E-state index is 15.3. The number of carbonyl (C=O) groups excluding carboxylic acids is 1. The Labute approximate surface area is 233 Å². The van der Waals surface area contributed by atoms with Crippen LogP contribution in [0.15, 0.2) is 30.6 Å². The van der Waals surface area contributed by atoms with Gasteiger partial charge in [-0.3, -0.25) is 14.5 Å². The van der Waals surface area contributed by atoms with Gasteiger partial charge in [0.1, 0.15) is 18.1 Å². The summed E-state index contributed by atoms with van der Waals surface area (Å²) in [6.07, 6.45) is 1.64. The summed E-state index contributed by atoms with van der Waals surface area (Å²) in [6.45, 7) is -1.61. The van der Waals surface area contributed by atoms with Crippen LogP contribution in [0.2, 0.25) is 0 Å². The van der Waals surface area contributed by atoms with Gasteiger partial charge >= 0.3 is 6.18 Å². The molecule has 0 atom stereocenters. The summed E-state index contributed by atoms with van der Waals surface area (Å²) in [7, 11) is -2.12. The van der Waals surface area contributed by atoms with E-state index in [1.165, 1.54) is 18.3 Å². The average Bonchev–Trinajstić information content (AvgIpc) is 3.05. The average molecular weight is 604 g/mol. The number of sulfonamides is 1. The molecule has 5 rings (SSSR count). The fourth-order valence-corrected chi connectivity index (χ4v) is 5.70. The summed E-state index contributed by atoms with van der Waals surface area (Å²) >= 11 is 0. The third-order valence-corrected chi connectivity index (χ3v) is 7.59. The molecule has 9 nitrogen and oxygen atoms in total. The largest absolute Gasteiger partial charge is 0.475 e. The van der Waals surface area contributed by atoms with E-state index in [1.54, 1.807) is 24.2 Å². The lowest BCUT2D eigenvalue weighted by molar-refractivity contribution is -0.126. The molecule has 15 heteroatoms. The maximum atomic E-state index is 15.3. The molecule has 1 aliphatic carbocycles. The lowest BCUT2D eigenvalue weighted by atomic mass is 9.64. The number of pyridine rings is 2. The van der Waals surface area contributed by atoms with Crippen LogP contribution in [0.3, 0.4) is 0 Å². The Morgan fingerprint density at radius 1 is 1.15 bits per heavy atom. The monoisotopic (exact) mass is 603 g/mol. The first-order chi connectivity index (χ1) is 18.3. The number of hydrogen-bond acceptors (Lipinski definition) is 7. The number of anilines is 2. The number of halogens is 5. The maximum Gasteiger partial charge on any atom is 0.401 e. The van der Waals surface area contributed by atoms with E-state index in [1.807, 2.05) is 0 Å². The number of alkyl halides is 3. The Hall–Kier alpha value is -3.23. The number of likely N-dealkylation sites (N-methyl/N-ethyl adjacent to an activating group) is 1. The van der Waals surface area contributed by atoms with Crippen LogP contribution in [0.1, 0.15) is 24.8 Å². The minimum atomic E-state index is -4.39. The molecule has 3 heterocycles. The smallest absolute Gasteiger partial charge is 0.401 e. The third-order valence-electron chi connectivity index (χ3n) is 7.00. The van der Waals surface area contributed by atoms with Crippen LogP contribution < -0.4 is 19.7 Å². The molecule has 0 unspecified atom stereocenters. The lowest BCUT2D eigenvalue weighted by Crippen LogP contribution is -2.43. The number of nitrogens with one attached hydrogen (secondary N) is 2. The van der Waals surface area contributed by atoms with Crippen LogP contribution in [0.25, 0.3) is 22.0 Å². The molecule has 3 aromatic rings. The Morgan fingerprint density at radius 2 is 1.88 bits per heavy atom. The number of amides is 1. The second-order valence-electron chi connectivity index (χ2n) is 9.76. The van der Waals surface area contributed by atoms with Gasteiger partial charge < -0.3 is 15.0 Å². The number of hydrogen-bond donors (Lipinski definition) is 2. The summed E-state index contributed by atoms with van der Waals surface area (Å²) in [6, 6.07) is 4.19. The SMILES string of the molecule is CN1C(=O)C2(CCC2)c2c1cnc1cc(F)c(-c3cnc(OCCNCC(F)(F)F)c(NS(C)(=O)=O)c3)cc21.Cl. The van der Waals surface area contributed by atoms with Gasteiger partial charge in [0.25, 0.3) is 0 Å². The van der Waals surface area contributed by atoms with Crippen LogP contribution in [-0.4, -0.2) is 63.5 Å². The highest BCUT2D eigenvalue weighted by Gasteiger charge is 2.54. The topological polar surface area (TPSA) is 114 Å². The van der Waals surface area contributed by atoms with Crippen molar-refractivity contribution in [1.82, 2.24) is 15.3 Å². The quantitative estimate of drug-likeness (QED) is 0.294. The molecule has 40 heavy (non-hydrogen) atoms. The number of fused-ring (bicyclic) bond motifs is 4. The van der Waals surface area contributed by atoms with Crippen LogP contribution in [-0.2, 0) is 20.2 Å². The zero-order valence-corrected chi connectivity index (χ0v) is 23.1. The molecule has 1 aromatic carbocycles. The summed E-state index contributed by atoms with van der Waals surface area (Å²) < 4.78 is 83.9. The number of rotatable bonds is 8. The summed E-state index contributed by atoms with van der Waals surface area (Å²) in [5.41, 5.74) is 1.42. The van der Waals surface area contributed by atoms with E-state index in [-0.39, 0.29) is 54.2 Å². The molecule has 1 amide bonds. The lowest BCUT2D eigenvalue weighted by Gasteiger charge is -2.37. The molecule has 2 aromatic heterocycles. The zero-order valence-electron chi connectivity index (χ0n) is 21.4. The third kappa shape index (κ3) is 5.52. The highest BCUT2D eigenvalue weighted by atomic mass is 35.5. The van der Waals surface area contributed by atoms with Crippen molar-refractivity contribution < 1.29 is 35.5 Å². The summed E-state index contributed by atoms with van der Waals surface area (Å²) in [5.74, 6) is -0.828. The Balaban J connectivity index is 0.00000370. The van der Waals surface area contributed by atoms with Gasteiger partial charge in [0, 0.05) is 47.9 Å². The molecule has 0 bridgehead atoms. The number of ether oxygens (including phenoxy) is 1.